The number of thioether (sulfide) groups is 1. The van der Waals surface area contributed by atoms with Gasteiger partial charge in [-0.15, -0.1) is 0 Å². The molecule has 1 heterocycles. The van der Waals surface area contributed by atoms with Crippen molar-refractivity contribution in [1.29, 1.82) is 0 Å². The number of hydrogen-bond acceptors (Lipinski definition) is 6. The van der Waals surface area contributed by atoms with Crippen molar-refractivity contribution >= 4 is 46.3 Å². The number of hydrogen-bond donors (Lipinski definition) is 0. The van der Waals surface area contributed by atoms with Gasteiger partial charge in [-0.1, -0.05) is 48.2 Å². The summed E-state index contributed by atoms with van der Waals surface area (Å²) in [6, 6.07) is 13.9. The number of rotatable bonds is 5. The van der Waals surface area contributed by atoms with Gasteiger partial charge in [-0.05, 0) is 42.8 Å². The first-order chi connectivity index (χ1) is 13.0. The van der Waals surface area contributed by atoms with Crippen LogP contribution in [-0.2, 0) is 4.79 Å². The van der Waals surface area contributed by atoms with Crippen molar-refractivity contribution in [2.24, 2.45) is 0 Å². The Morgan fingerprint density at radius 2 is 1.93 bits per heavy atom. The lowest BCUT2D eigenvalue weighted by molar-refractivity contribution is -0.121. The van der Waals surface area contributed by atoms with Crippen LogP contribution in [0.3, 0.4) is 0 Å². The molecule has 0 saturated carbocycles. The van der Waals surface area contributed by atoms with Gasteiger partial charge in [0.2, 0.25) is 0 Å². The summed E-state index contributed by atoms with van der Waals surface area (Å²) in [4.78, 5) is 26.4. The van der Waals surface area contributed by atoms with Gasteiger partial charge in [-0.3, -0.25) is 9.69 Å². The van der Waals surface area contributed by atoms with Gasteiger partial charge >= 0.3 is 5.97 Å². The second kappa shape index (κ2) is 8.37. The molecule has 1 aliphatic rings. The van der Waals surface area contributed by atoms with E-state index in [4.69, 9.17) is 21.7 Å². The molecular weight excluding hydrogens is 382 g/mol. The van der Waals surface area contributed by atoms with Crippen molar-refractivity contribution < 1.29 is 19.1 Å². The van der Waals surface area contributed by atoms with E-state index in [0.29, 0.717) is 32.9 Å². The van der Waals surface area contributed by atoms with E-state index in [1.165, 1.54) is 16.7 Å². The van der Waals surface area contributed by atoms with Gasteiger partial charge in [0.1, 0.15) is 4.32 Å². The van der Waals surface area contributed by atoms with Crippen LogP contribution in [0.2, 0.25) is 0 Å². The molecule has 1 fully saturated rings. The Morgan fingerprint density at radius 1 is 1.19 bits per heavy atom. The lowest BCUT2D eigenvalue weighted by Crippen LogP contribution is -2.22. The number of likely N-dealkylation sites (N-methyl/N-ethyl adjacent to an activating group) is 1. The average Bonchev–Trinajstić information content (AvgIpc) is 2.91. The smallest absolute Gasteiger partial charge is 0.343 e. The van der Waals surface area contributed by atoms with Crippen LogP contribution in [0.4, 0.5) is 0 Å². The molecule has 5 nitrogen and oxygen atoms in total. The molecule has 138 valence electrons. The van der Waals surface area contributed by atoms with Gasteiger partial charge in [-0.2, -0.15) is 0 Å². The third-order valence-electron chi connectivity index (χ3n) is 3.76. The van der Waals surface area contributed by atoms with Crippen LogP contribution in [-0.4, -0.2) is 34.8 Å². The summed E-state index contributed by atoms with van der Waals surface area (Å²) < 4.78 is 11.6. The first kappa shape index (κ1) is 19.1. The molecule has 0 bridgehead atoms. The number of carbonyl (C=O) groups excluding carboxylic acids is 2. The minimum absolute atomic E-state index is 0.137. The highest BCUT2D eigenvalue weighted by molar-refractivity contribution is 8.26. The van der Waals surface area contributed by atoms with Crippen molar-refractivity contribution in [2.45, 2.75) is 6.92 Å². The summed E-state index contributed by atoms with van der Waals surface area (Å²) in [5, 5.41) is 0. The minimum Gasteiger partial charge on any atom is -0.490 e. The van der Waals surface area contributed by atoms with E-state index in [0.717, 1.165) is 5.56 Å². The number of carbonyl (C=O) groups is 2. The number of thiocarbonyl (C=S) groups is 1. The van der Waals surface area contributed by atoms with Gasteiger partial charge in [0.15, 0.2) is 11.5 Å². The monoisotopic (exact) mass is 399 g/mol. The Kier molecular flexibility index (Phi) is 5.93. The number of ether oxygens (including phenoxy) is 2. The van der Waals surface area contributed by atoms with Crippen LogP contribution >= 0.6 is 24.0 Å². The van der Waals surface area contributed by atoms with E-state index in [1.54, 1.807) is 55.6 Å². The number of nitrogens with zero attached hydrogens (tertiary/aromatic N) is 1. The molecule has 0 radical (unpaired) electrons. The molecule has 0 spiro atoms. The molecular formula is C20H17NO4S2. The third kappa shape index (κ3) is 4.37. The quantitative estimate of drug-likeness (QED) is 0.326. The third-order valence-corrected chi connectivity index (χ3v) is 5.25. The van der Waals surface area contributed by atoms with Gasteiger partial charge in [0, 0.05) is 7.05 Å². The van der Waals surface area contributed by atoms with Crippen LogP contribution in [0, 0.1) is 0 Å². The number of benzene rings is 2. The molecule has 0 aromatic heterocycles. The standard InChI is InChI=1S/C20H17NO4S2/c1-3-24-16-11-13(12-17-18(22)21(2)20(26)27-17)9-10-15(16)25-19(23)14-7-5-4-6-8-14/h4-12H,3H2,1-2H3/b17-12+. The molecule has 1 saturated heterocycles. The fraction of sp³-hybridized carbons (Fsp3) is 0.150. The van der Waals surface area contributed by atoms with Gasteiger partial charge in [0.05, 0.1) is 17.1 Å². The summed E-state index contributed by atoms with van der Waals surface area (Å²) in [5.41, 5.74) is 1.21. The molecule has 0 N–H and O–H groups in total. The van der Waals surface area contributed by atoms with Crippen molar-refractivity contribution in [1.82, 2.24) is 4.90 Å². The van der Waals surface area contributed by atoms with Crippen molar-refractivity contribution in [3.05, 3.63) is 64.6 Å². The highest BCUT2D eigenvalue weighted by Gasteiger charge is 2.28. The molecule has 2 aromatic rings. The SMILES string of the molecule is CCOc1cc(/C=C2/SC(=S)N(C)C2=O)ccc1OC(=O)c1ccccc1. The van der Waals surface area contributed by atoms with Gasteiger partial charge < -0.3 is 9.47 Å². The van der Waals surface area contributed by atoms with E-state index in [2.05, 4.69) is 0 Å². The summed E-state index contributed by atoms with van der Waals surface area (Å²) in [7, 11) is 1.65. The highest BCUT2D eigenvalue weighted by Crippen LogP contribution is 2.34. The Balaban J connectivity index is 1.86. The van der Waals surface area contributed by atoms with Crippen LogP contribution in [0.5, 0.6) is 11.5 Å². The van der Waals surface area contributed by atoms with Crippen LogP contribution < -0.4 is 9.47 Å². The number of esters is 1. The molecule has 27 heavy (non-hydrogen) atoms. The molecule has 3 rings (SSSR count). The van der Waals surface area contributed by atoms with E-state index < -0.39 is 5.97 Å². The molecule has 1 amide bonds. The Hall–Kier alpha value is -2.64. The van der Waals surface area contributed by atoms with Crippen LogP contribution in [0.1, 0.15) is 22.8 Å². The predicted octanol–water partition coefficient (Wildman–Crippen LogP) is 4.14. The van der Waals surface area contributed by atoms with E-state index in [9.17, 15) is 9.59 Å². The fourth-order valence-electron chi connectivity index (χ4n) is 2.40. The van der Waals surface area contributed by atoms with Crippen LogP contribution in [0.25, 0.3) is 6.08 Å². The van der Waals surface area contributed by atoms with Crippen LogP contribution in [0.15, 0.2) is 53.4 Å². The molecule has 0 unspecified atom stereocenters. The normalized spacial score (nSPS) is 15.3. The highest BCUT2D eigenvalue weighted by atomic mass is 32.2. The zero-order valence-corrected chi connectivity index (χ0v) is 16.4. The van der Waals surface area contributed by atoms with Crippen molar-refractivity contribution in [2.75, 3.05) is 13.7 Å². The molecule has 1 aliphatic heterocycles. The molecule has 0 aliphatic carbocycles. The second-order valence-corrected chi connectivity index (χ2v) is 7.31. The van der Waals surface area contributed by atoms with E-state index in [-0.39, 0.29) is 5.91 Å². The van der Waals surface area contributed by atoms with Crippen molar-refractivity contribution in [3.63, 3.8) is 0 Å². The second-order valence-electron chi connectivity index (χ2n) is 5.64. The molecule has 7 heteroatoms. The Bertz CT molecular complexity index is 925. The predicted molar refractivity (Wildman–Crippen MR) is 110 cm³/mol. The maximum absolute atomic E-state index is 12.3. The van der Waals surface area contributed by atoms with Gasteiger partial charge in [0.25, 0.3) is 5.91 Å². The zero-order valence-electron chi connectivity index (χ0n) is 14.8. The lowest BCUT2D eigenvalue weighted by atomic mass is 10.1. The summed E-state index contributed by atoms with van der Waals surface area (Å²) in [6.07, 6.45) is 1.74. The molecule has 2 aromatic carbocycles. The first-order valence-corrected chi connectivity index (χ1v) is 9.47. The lowest BCUT2D eigenvalue weighted by Gasteiger charge is -2.11. The first-order valence-electron chi connectivity index (χ1n) is 8.25. The Labute approximate surface area is 167 Å². The Morgan fingerprint density at radius 3 is 2.56 bits per heavy atom. The molecule has 0 atom stereocenters. The largest absolute Gasteiger partial charge is 0.490 e. The summed E-state index contributed by atoms with van der Waals surface area (Å²) in [6.45, 7) is 2.26. The maximum atomic E-state index is 12.3. The van der Waals surface area contributed by atoms with Crippen molar-refractivity contribution in [3.8, 4) is 11.5 Å². The van der Waals surface area contributed by atoms with E-state index >= 15 is 0 Å². The summed E-state index contributed by atoms with van der Waals surface area (Å²) in [5.74, 6) is 0.159. The zero-order chi connectivity index (χ0) is 19.4. The maximum Gasteiger partial charge on any atom is 0.343 e. The fourth-order valence-corrected chi connectivity index (χ4v) is 3.58. The average molecular weight is 399 g/mol. The minimum atomic E-state index is -0.462. The van der Waals surface area contributed by atoms with Gasteiger partial charge in [-0.25, -0.2) is 4.79 Å². The number of amides is 1. The van der Waals surface area contributed by atoms with E-state index in [1.807, 2.05) is 13.0 Å². The summed E-state index contributed by atoms with van der Waals surface area (Å²) >= 11 is 6.39. The topological polar surface area (TPSA) is 55.8 Å².